The second kappa shape index (κ2) is 8.21. The maximum absolute atomic E-state index is 12.8. The summed E-state index contributed by atoms with van der Waals surface area (Å²) in [5.74, 6) is 1.36. The monoisotopic (exact) mass is 352 g/mol. The lowest BCUT2D eigenvalue weighted by atomic mass is 9.98. The first-order valence-corrected chi connectivity index (χ1v) is 8.79. The Hall–Kier alpha value is -1.26. The van der Waals surface area contributed by atoms with E-state index in [4.69, 9.17) is 4.74 Å². The molecule has 2 unspecified atom stereocenters. The van der Waals surface area contributed by atoms with Crippen molar-refractivity contribution in [3.63, 3.8) is 0 Å². The van der Waals surface area contributed by atoms with Crippen LogP contribution in [0.3, 0.4) is 0 Å². The van der Waals surface area contributed by atoms with E-state index in [-0.39, 0.29) is 18.3 Å². The van der Waals surface area contributed by atoms with Gasteiger partial charge in [0.05, 0.1) is 6.61 Å². The van der Waals surface area contributed by atoms with Crippen LogP contribution in [-0.4, -0.2) is 42.6 Å². The number of nitrogens with one attached hydrogen (secondary N) is 1. The molecule has 4 nitrogen and oxygen atoms in total. The zero-order valence-electron chi connectivity index (χ0n) is 14.8. The molecule has 0 spiro atoms. The first kappa shape index (κ1) is 19.1. The normalized spacial score (nSPS) is 25.2. The average molecular weight is 353 g/mol. The van der Waals surface area contributed by atoms with Crippen LogP contribution in [0.4, 0.5) is 0 Å². The Morgan fingerprint density at radius 3 is 2.58 bits per heavy atom. The Balaban J connectivity index is 0.00000208. The highest BCUT2D eigenvalue weighted by atomic mass is 35.5. The fourth-order valence-electron chi connectivity index (χ4n) is 3.69. The van der Waals surface area contributed by atoms with E-state index >= 15 is 0 Å². The molecule has 2 aliphatic heterocycles. The van der Waals surface area contributed by atoms with Gasteiger partial charge in [-0.2, -0.15) is 0 Å². The largest absolute Gasteiger partial charge is 0.493 e. The number of hydrogen-bond donors (Lipinski definition) is 1. The summed E-state index contributed by atoms with van der Waals surface area (Å²) in [6, 6.07) is 9.12. The molecule has 1 aromatic rings. The number of amides is 1. The molecule has 2 bridgehead atoms. The Morgan fingerprint density at radius 2 is 1.96 bits per heavy atom. The zero-order chi connectivity index (χ0) is 16.4. The van der Waals surface area contributed by atoms with Gasteiger partial charge in [-0.25, -0.2) is 0 Å². The quantitative estimate of drug-likeness (QED) is 0.881. The molecule has 5 heteroatoms. The van der Waals surface area contributed by atoms with Crippen molar-refractivity contribution in [3.05, 3.63) is 29.8 Å². The molecule has 0 saturated carbocycles. The molecular formula is C19H29ClN2O2. The third-order valence-corrected chi connectivity index (χ3v) is 4.98. The van der Waals surface area contributed by atoms with Crippen LogP contribution < -0.4 is 10.1 Å². The molecule has 2 saturated heterocycles. The van der Waals surface area contributed by atoms with Gasteiger partial charge in [-0.1, -0.05) is 19.9 Å². The van der Waals surface area contributed by atoms with Gasteiger partial charge in [0.15, 0.2) is 0 Å². The van der Waals surface area contributed by atoms with Gasteiger partial charge < -0.3 is 15.0 Å². The first-order valence-electron chi connectivity index (χ1n) is 8.79. The highest BCUT2D eigenvalue weighted by molar-refractivity contribution is 5.94. The molecule has 0 aliphatic carbocycles. The van der Waals surface area contributed by atoms with Crippen molar-refractivity contribution < 1.29 is 9.53 Å². The SMILES string of the molecule is CC(C)COc1cccc(C(=O)N(C)C2CC3CCC(C2)N3)c1.Cl. The first-order chi connectivity index (χ1) is 11.0. The van der Waals surface area contributed by atoms with E-state index in [0.29, 0.717) is 30.7 Å². The van der Waals surface area contributed by atoms with Crippen LogP contribution in [0.1, 0.15) is 49.9 Å². The van der Waals surface area contributed by atoms with Crippen LogP contribution in [0.25, 0.3) is 0 Å². The van der Waals surface area contributed by atoms with E-state index in [1.165, 1.54) is 12.8 Å². The Morgan fingerprint density at radius 1 is 1.29 bits per heavy atom. The highest BCUT2D eigenvalue weighted by Gasteiger charge is 2.36. The summed E-state index contributed by atoms with van der Waals surface area (Å²) in [5, 5.41) is 3.63. The molecule has 2 aliphatic rings. The summed E-state index contributed by atoms with van der Waals surface area (Å²) in [7, 11) is 1.94. The molecule has 1 amide bonds. The lowest BCUT2D eigenvalue weighted by molar-refractivity contribution is 0.0681. The van der Waals surface area contributed by atoms with Gasteiger partial charge in [0.1, 0.15) is 5.75 Å². The minimum atomic E-state index is 0. The second-order valence-electron chi connectivity index (χ2n) is 7.41. The number of piperidine rings is 1. The Bertz CT molecular complexity index is 552. The van der Waals surface area contributed by atoms with Crippen LogP contribution in [0.5, 0.6) is 5.75 Å². The van der Waals surface area contributed by atoms with Gasteiger partial charge in [-0.3, -0.25) is 4.79 Å². The standard InChI is InChI=1S/C19H28N2O2.ClH/c1-13(2)12-23-18-6-4-5-14(9-18)19(22)21(3)17-10-15-7-8-16(11-17)20-15;/h4-6,9,13,15-17,20H,7-8,10-12H2,1-3H3;1H. The van der Waals surface area contributed by atoms with Crippen molar-refractivity contribution in [2.45, 2.75) is 57.7 Å². The summed E-state index contributed by atoms with van der Waals surface area (Å²) in [6.45, 7) is 4.91. The topological polar surface area (TPSA) is 41.6 Å². The number of carbonyl (C=O) groups excluding carboxylic acids is 1. The molecule has 1 aromatic carbocycles. The molecule has 24 heavy (non-hydrogen) atoms. The summed E-state index contributed by atoms with van der Waals surface area (Å²) < 4.78 is 5.75. The summed E-state index contributed by atoms with van der Waals surface area (Å²) >= 11 is 0. The number of fused-ring (bicyclic) bond motifs is 2. The third-order valence-electron chi connectivity index (χ3n) is 4.98. The van der Waals surface area contributed by atoms with E-state index in [1.807, 2.05) is 36.2 Å². The minimum absolute atomic E-state index is 0. The zero-order valence-corrected chi connectivity index (χ0v) is 15.6. The van der Waals surface area contributed by atoms with Gasteiger partial charge in [0, 0.05) is 30.7 Å². The van der Waals surface area contributed by atoms with Crippen molar-refractivity contribution in [1.29, 1.82) is 0 Å². The van der Waals surface area contributed by atoms with Crippen molar-refractivity contribution in [2.24, 2.45) is 5.92 Å². The number of carbonyl (C=O) groups is 1. The average Bonchev–Trinajstić information content (AvgIpc) is 2.90. The lowest BCUT2D eigenvalue weighted by Crippen LogP contribution is -2.48. The lowest BCUT2D eigenvalue weighted by Gasteiger charge is -2.35. The van der Waals surface area contributed by atoms with Gasteiger partial charge in [-0.05, 0) is 49.8 Å². The van der Waals surface area contributed by atoms with Crippen LogP contribution >= 0.6 is 12.4 Å². The fourth-order valence-corrected chi connectivity index (χ4v) is 3.69. The van der Waals surface area contributed by atoms with Gasteiger partial charge >= 0.3 is 0 Å². The molecule has 2 atom stereocenters. The van der Waals surface area contributed by atoms with Crippen molar-refractivity contribution in [1.82, 2.24) is 10.2 Å². The molecule has 3 rings (SSSR count). The van der Waals surface area contributed by atoms with Gasteiger partial charge in [0.25, 0.3) is 5.91 Å². The molecule has 0 aromatic heterocycles. The van der Waals surface area contributed by atoms with E-state index < -0.39 is 0 Å². The van der Waals surface area contributed by atoms with E-state index in [2.05, 4.69) is 19.2 Å². The Labute approximate surface area is 151 Å². The van der Waals surface area contributed by atoms with E-state index in [9.17, 15) is 4.79 Å². The summed E-state index contributed by atoms with van der Waals surface area (Å²) in [6.07, 6.45) is 4.65. The molecule has 2 fully saturated rings. The predicted molar refractivity (Wildman–Crippen MR) is 99.1 cm³/mol. The predicted octanol–water partition coefficient (Wildman–Crippen LogP) is 3.50. The number of nitrogens with zero attached hydrogens (tertiary/aromatic N) is 1. The molecule has 1 N–H and O–H groups in total. The second-order valence-corrected chi connectivity index (χ2v) is 7.41. The number of ether oxygens (including phenoxy) is 1. The smallest absolute Gasteiger partial charge is 0.253 e. The molecule has 2 heterocycles. The summed E-state index contributed by atoms with van der Waals surface area (Å²) in [5.41, 5.74) is 0.722. The van der Waals surface area contributed by atoms with Gasteiger partial charge in [0.2, 0.25) is 0 Å². The van der Waals surface area contributed by atoms with Crippen LogP contribution in [0.15, 0.2) is 24.3 Å². The van der Waals surface area contributed by atoms with Gasteiger partial charge in [-0.15, -0.1) is 12.4 Å². The van der Waals surface area contributed by atoms with Crippen molar-refractivity contribution in [3.8, 4) is 5.75 Å². The number of hydrogen-bond acceptors (Lipinski definition) is 3. The highest BCUT2D eigenvalue weighted by Crippen LogP contribution is 2.30. The number of rotatable bonds is 5. The third kappa shape index (κ3) is 4.42. The van der Waals surface area contributed by atoms with Crippen LogP contribution in [-0.2, 0) is 0 Å². The number of halogens is 1. The van der Waals surface area contributed by atoms with E-state index in [1.54, 1.807) is 0 Å². The maximum atomic E-state index is 12.8. The van der Waals surface area contributed by atoms with E-state index in [0.717, 1.165) is 24.2 Å². The molecule has 134 valence electrons. The fraction of sp³-hybridized carbons (Fsp3) is 0.632. The van der Waals surface area contributed by atoms with Crippen molar-refractivity contribution in [2.75, 3.05) is 13.7 Å². The molecular weight excluding hydrogens is 324 g/mol. The number of benzene rings is 1. The Kier molecular flexibility index (Phi) is 6.53. The van der Waals surface area contributed by atoms with Crippen LogP contribution in [0, 0.1) is 5.92 Å². The minimum Gasteiger partial charge on any atom is -0.493 e. The summed E-state index contributed by atoms with van der Waals surface area (Å²) in [4.78, 5) is 14.8. The van der Waals surface area contributed by atoms with Crippen molar-refractivity contribution >= 4 is 18.3 Å². The van der Waals surface area contributed by atoms with Crippen LogP contribution in [0.2, 0.25) is 0 Å². The maximum Gasteiger partial charge on any atom is 0.253 e. The molecule has 0 radical (unpaired) electrons.